The Balaban J connectivity index is 4.01. The number of rotatable bonds is 4. The van der Waals surface area contributed by atoms with Gasteiger partial charge in [-0.2, -0.15) is 0 Å². The zero-order valence-electron chi connectivity index (χ0n) is 9.05. The summed E-state index contributed by atoms with van der Waals surface area (Å²) >= 11 is 0. The van der Waals surface area contributed by atoms with Gasteiger partial charge in [-0.1, -0.05) is 0 Å². The predicted molar refractivity (Wildman–Crippen MR) is 51.6 cm³/mol. The molecule has 4 heteroatoms. The zero-order valence-corrected chi connectivity index (χ0v) is 9.05. The lowest BCUT2D eigenvalue weighted by Crippen LogP contribution is -2.07. The van der Waals surface area contributed by atoms with E-state index in [1.54, 1.807) is 0 Å². The highest BCUT2D eigenvalue weighted by Crippen LogP contribution is 2.04. The van der Waals surface area contributed by atoms with E-state index in [2.05, 4.69) is 0 Å². The Bertz CT molecular complexity index is 227. The van der Waals surface area contributed by atoms with Gasteiger partial charge in [0.1, 0.15) is 13.2 Å². The maximum absolute atomic E-state index is 10.5. The molecule has 0 aromatic heterocycles. The monoisotopic (exact) mass is 200 g/mol. The van der Waals surface area contributed by atoms with Crippen molar-refractivity contribution in [3.63, 3.8) is 0 Å². The van der Waals surface area contributed by atoms with Gasteiger partial charge in [-0.05, 0) is 25.0 Å². The van der Waals surface area contributed by atoms with E-state index in [0.29, 0.717) is 0 Å². The van der Waals surface area contributed by atoms with Crippen LogP contribution in [0.2, 0.25) is 0 Å². The Labute approximate surface area is 83.9 Å². The lowest BCUT2D eigenvalue weighted by Gasteiger charge is -2.07. The molecule has 0 atom stereocenters. The summed E-state index contributed by atoms with van der Waals surface area (Å²) in [6.45, 7) is 6.89. The van der Waals surface area contributed by atoms with E-state index in [-0.39, 0.29) is 25.2 Å². The van der Waals surface area contributed by atoms with Crippen molar-refractivity contribution in [3.8, 4) is 0 Å². The fraction of sp³-hybridized carbons (Fsp3) is 0.600. The van der Waals surface area contributed by atoms with Gasteiger partial charge in [0, 0.05) is 13.8 Å². The van der Waals surface area contributed by atoms with Gasteiger partial charge in [0.15, 0.2) is 0 Å². The molecule has 0 spiro atoms. The Hall–Kier alpha value is -1.32. The van der Waals surface area contributed by atoms with Crippen LogP contribution in [0.5, 0.6) is 0 Å². The number of hydrogen-bond donors (Lipinski definition) is 0. The highest BCUT2D eigenvalue weighted by Gasteiger charge is 2.01. The summed E-state index contributed by atoms with van der Waals surface area (Å²) < 4.78 is 9.59. The van der Waals surface area contributed by atoms with Crippen molar-refractivity contribution in [1.82, 2.24) is 0 Å². The lowest BCUT2D eigenvalue weighted by atomic mass is 10.2. The first-order valence-corrected chi connectivity index (χ1v) is 4.35. The van der Waals surface area contributed by atoms with Crippen molar-refractivity contribution in [2.45, 2.75) is 27.7 Å². The Kier molecular flexibility index (Phi) is 5.60. The van der Waals surface area contributed by atoms with Crippen molar-refractivity contribution < 1.29 is 19.1 Å². The van der Waals surface area contributed by atoms with Gasteiger partial charge in [0.25, 0.3) is 0 Å². The number of carbonyl (C=O) groups excluding carboxylic acids is 2. The molecule has 0 amide bonds. The van der Waals surface area contributed by atoms with Crippen LogP contribution in [0.4, 0.5) is 0 Å². The highest BCUT2D eigenvalue weighted by molar-refractivity contribution is 5.66. The number of ether oxygens (including phenoxy) is 2. The van der Waals surface area contributed by atoms with E-state index in [1.807, 2.05) is 13.8 Å². The SMILES string of the molecule is CC(=O)OC/C(C)=C(\C)COC(C)=O. The average Bonchev–Trinajstić information content (AvgIpc) is 2.09. The Morgan fingerprint density at radius 1 is 0.786 bits per heavy atom. The molecule has 0 bridgehead atoms. The molecular weight excluding hydrogens is 184 g/mol. The molecule has 0 saturated carbocycles. The second kappa shape index (κ2) is 6.18. The minimum absolute atomic E-state index is 0.252. The third-order valence-electron chi connectivity index (χ3n) is 1.71. The quantitative estimate of drug-likeness (QED) is 0.509. The molecule has 0 rings (SSSR count). The van der Waals surface area contributed by atoms with E-state index in [1.165, 1.54) is 13.8 Å². The Morgan fingerprint density at radius 2 is 1.07 bits per heavy atom. The van der Waals surface area contributed by atoms with Crippen LogP contribution in [0.1, 0.15) is 27.7 Å². The smallest absolute Gasteiger partial charge is 0.302 e. The molecule has 0 unspecified atom stereocenters. The van der Waals surface area contributed by atoms with E-state index in [0.717, 1.165) is 11.1 Å². The maximum atomic E-state index is 10.5. The predicted octanol–water partition coefficient (Wildman–Crippen LogP) is 1.45. The van der Waals surface area contributed by atoms with Crippen LogP contribution < -0.4 is 0 Å². The van der Waals surface area contributed by atoms with Gasteiger partial charge in [-0.3, -0.25) is 9.59 Å². The van der Waals surface area contributed by atoms with Crippen LogP contribution in [-0.2, 0) is 19.1 Å². The normalized spacial score (nSPS) is 11.7. The largest absolute Gasteiger partial charge is 0.461 e. The molecule has 0 aliphatic heterocycles. The molecule has 0 radical (unpaired) electrons. The zero-order chi connectivity index (χ0) is 11.1. The molecule has 0 aliphatic rings. The van der Waals surface area contributed by atoms with Gasteiger partial charge >= 0.3 is 11.9 Å². The van der Waals surface area contributed by atoms with Crippen LogP contribution in [-0.4, -0.2) is 25.2 Å². The molecule has 0 aromatic carbocycles. The third-order valence-corrected chi connectivity index (χ3v) is 1.71. The lowest BCUT2D eigenvalue weighted by molar-refractivity contribution is -0.141. The molecule has 0 aromatic rings. The molecule has 14 heavy (non-hydrogen) atoms. The van der Waals surface area contributed by atoms with Crippen molar-refractivity contribution in [1.29, 1.82) is 0 Å². The first-order chi connectivity index (χ1) is 6.43. The first-order valence-electron chi connectivity index (χ1n) is 4.35. The van der Waals surface area contributed by atoms with Gasteiger partial charge in [0.2, 0.25) is 0 Å². The second-order valence-corrected chi connectivity index (χ2v) is 3.12. The number of hydrogen-bond acceptors (Lipinski definition) is 4. The first kappa shape index (κ1) is 12.7. The van der Waals surface area contributed by atoms with Crippen molar-refractivity contribution in [3.05, 3.63) is 11.1 Å². The van der Waals surface area contributed by atoms with Crippen LogP contribution >= 0.6 is 0 Å². The second-order valence-electron chi connectivity index (χ2n) is 3.12. The van der Waals surface area contributed by atoms with Crippen molar-refractivity contribution in [2.75, 3.05) is 13.2 Å². The summed E-state index contributed by atoms with van der Waals surface area (Å²) in [6.07, 6.45) is 0. The van der Waals surface area contributed by atoms with Crippen LogP contribution in [0.25, 0.3) is 0 Å². The van der Waals surface area contributed by atoms with Crippen LogP contribution in [0, 0.1) is 0 Å². The molecule has 0 aliphatic carbocycles. The van der Waals surface area contributed by atoms with E-state index >= 15 is 0 Å². The fourth-order valence-electron chi connectivity index (χ4n) is 0.666. The van der Waals surface area contributed by atoms with Gasteiger partial charge in [0.05, 0.1) is 0 Å². The molecule has 0 saturated heterocycles. The summed E-state index contributed by atoms with van der Waals surface area (Å²) in [5.41, 5.74) is 1.81. The fourth-order valence-corrected chi connectivity index (χ4v) is 0.666. The highest BCUT2D eigenvalue weighted by atomic mass is 16.5. The summed E-state index contributed by atoms with van der Waals surface area (Å²) in [7, 11) is 0. The van der Waals surface area contributed by atoms with Gasteiger partial charge < -0.3 is 9.47 Å². The molecule has 0 N–H and O–H groups in total. The maximum Gasteiger partial charge on any atom is 0.302 e. The van der Waals surface area contributed by atoms with Gasteiger partial charge in [-0.25, -0.2) is 0 Å². The molecular formula is C10H16O4. The minimum atomic E-state index is -0.315. The summed E-state index contributed by atoms with van der Waals surface area (Å²) in [5, 5.41) is 0. The molecule has 0 fully saturated rings. The number of carbonyl (C=O) groups is 2. The van der Waals surface area contributed by atoms with Gasteiger partial charge in [-0.15, -0.1) is 0 Å². The molecule has 4 nitrogen and oxygen atoms in total. The molecule has 0 heterocycles. The number of esters is 2. The van der Waals surface area contributed by atoms with Crippen molar-refractivity contribution >= 4 is 11.9 Å². The third kappa shape index (κ3) is 6.22. The summed E-state index contributed by atoms with van der Waals surface area (Å²) in [4.78, 5) is 21.0. The average molecular weight is 200 g/mol. The van der Waals surface area contributed by atoms with E-state index in [4.69, 9.17) is 9.47 Å². The minimum Gasteiger partial charge on any atom is -0.461 e. The summed E-state index contributed by atoms with van der Waals surface area (Å²) in [5.74, 6) is -0.630. The standard InChI is InChI=1S/C10H16O4/c1-7(5-13-9(3)11)8(2)6-14-10(4)12/h5-6H2,1-4H3/b8-7+. The van der Waals surface area contributed by atoms with Crippen LogP contribution in [0.3, 0.4) is 0 Å². The van der Waals surface area contributed by atoms with Crippen molar-refractivity contribution in [2.24, 2.45) is 0 Å². The summed E-state index contributed by atoms with van der Waals surface area (Å²) in [6, 6.07) is 0. The van der Waals surface area contributed by atoms with E-state index < -0.39 is 0 Å². The topological polar surface area (TPSA) is 52.6 Å². The molecule has 80 valence electrons. The van der Waals surface area contributed by atoms with Crippen LogP contribution in [0.15, 0.2) is 11.1 Å². The van der Waals surface area contributed by atoms with E-state index in [9.17, 15) is 9.59 Å². The Morgan fingerprint density at radius 3 is 1.29 bits per heavy atom.